The van der Waals surface area contributed by atoms with Gasteiger partial charge in [-0.3, -0.25) is 4.68 Å². The summed E-state index contributed by atoms with van der Waals surface area (Å²) in [6, 6.07) is 0. The molecule has 0 aromatic carbocycles. The zero-order valence-electron chi connectivity index (χ0n) is 10.8. The molecule has 0 spiro atoms. The van der Waals surface area contributed by atoms with Gasteiger partial charge >= 0.3 is 0 Å². The number of aliphatic hydroxyl groups excluding tert-OH is 1. The van der Waals surface area contributed by atoms with E-state index in [2.05, 4.69) is 23.8 Å². The Morgan fingerprint density at radius 1 is 1.47 bits per heavy atom. The van der Waals surface area contributed by atoms with Gasteiger partial charge in [0, 0.05) is 20.1 Å². The standard InChI is InChI=1S/C12H22N4O/c1-8(2)11-10(13)12(15(3)14-11)16-6-4-5-9(17)7-16/h8-9,17H,4-7,13H2,1-3H3. The van der Waals surface area contributed by atoms with Crippen molar-refractivity contribution < 1.29 is 5.11 Å². The van der Waals surface area contributed by atoms with Crippen molar-refractivity contribution in [2.24, 2.45) is 7.05 Å². The third-order valence-corrected chi connectivity index (χ3v) is 3.32. The molecule has 1 atom stereocenters. The number of hydrogen-bond acceptors (Lipinski definition) is 4. The molecule has 0 radical (unpaired) electrons. The van der Waals surface area contributed by atoms with Crippen LogP contribution in [0.15, 0.2) is 0 Å². The molecule has 1 aromatic rings. The Morgan fingerprint density at radius 2 is 2.18 bits per heavy atom. The summed E-state index contributed by atoms with van der Waals surface area (Å²) in [7, 11) is 1.92. The molecular formula is C12H22N4O. The minimum Gasteiger partial charge on any atom is -0.394 e. The molecule has 1 aromatic heterocycles. The first-order valence-electron chi connectivity index (χ1n) is 6.26. The summed E-state index contributed by atoms with van der Waals surface area (Å²) in [4.78, 5) is 2.14. The molecule has 1 unspecified atom stereocenters. The minimum atomic E-state index is -0.249. The summed E-state index contributed by atoms with van der Waals surface area (Å²) in [5.74, 6) is 1.28. The largest absolute Gasteiger partial charge is 0.394 e. The lowest BCUT2D eigenvalue weighted by molar-refractivity contribution is 0.153. The van der Waals surface area contributed by atoms with Gasteiger partial charge in [-0.25, -0.2) is 0 Å². The van der Waals surface area contributed by atoms with Gasteiger partial charge < -0.3 is 15.7 Å². The average Bonchev–Trinajstić information content (AvgIpc) is 2.54. The number of aromatic nitrogens is 2. The Kier molecular flexibility index (Phi) is 3.28. The topological polar surface area (TPSA) is 67.3 Å². The van der Waals surface area contributed by atoms with Crippen molar-refractivity contribution in [2.45, 2.75) is 38.7 Å². The van der Waals surface area contributed by atoms with Crippen LogP contribution in [0.4, 0.5) is 11.5 Å². The van der Waals surface area contributed by atoms with Crippen LogP contribution in [0.5, 0.6) is 0 Å². The maximum Gasteiger partial charge on any atom is 0.150 e. The molecule has 0 bridgehead atoms. The van der Waals surface area contributed by atoms with Crippen molar-refractivity contribution in [2.75, 3.05) is 23.7 Å². The van der Waals surface area contributed by atoms with Crippen molar-refractivity contribution in [3.05, 3.63) is 5.69 Å². The van der Waals surface area contributed by atoms with Crippen LogP contribution in [0.25, 0.3) is 0 Å². The van der Waals surface area contributed by atoms with Crippen molar-refractivity contribution in [3.63, 3.8) is 0 Å². The summed E-state index contributed by atoms with van der Waals surface area (Å²) in [5, 5.41) is 14.2. The van der Waals surface area contributed by atoms with Gasteiger partial charge in [0.05, 0.1) is 17.5 Å². The molecule has 0 saturated carbocycles. The van der Waals surface area contributed by atoms with Gasteiger partial charge in [0.1, 0.15) is 0 Å². The lowest BCUT2D eigenvalue weighted by atomic mass is 10.1. The number of piperidine rings is 1. The Morgan fingerprint density at radius 3 is 2.71 bits per heavy atom. The van der Waals surface area contributed by atoms with Crippen LogP contribution >= 0.6 is 0 Å². The predicted octanol–water partition coefficient (Wildman–Crippen LogP) is 1.09. The molecule has 3 N–H and O–H groups in total. The van der Waals surface area contributed by atoms with E-state index in [1.54, 1.807) is 0 Å². The third kappa shape index (κ3) is 2.24. The molecule has 2 rings (SSSR count). The zero-order valence-corrected chi connectivity index (χ0v) is 10.8. The fraction of sp³-hybridized carbons (Fsp3) is 0.750. The number of rotatable bonds is 2. The van der Waals surface area contributed by atoms with Crippen LogP contribution in [0, 0.1) is 0 Å². The molecular weight excluding hydrogens is 216 g/mol. The van der Waals surface area contributed by atoms with E-state index in [0.717, 1.165) is 36.6 Å². The second-order valence-corrected chi connectivity index (χ2v) is 5.14. The third-order valence-electron chi connectivity index (χ3n) is 3.32. The van der Waals surface area contributed by atoms with E-state index in [1.165, 1.54) is 0 Å². The summed E-state index contributed by atoms with van der Waals surface area (Å²) < 4.78 is 1.84. The highest BCUT2D eigenvalue weighted by molar-refractivity contribution is 5.67. The predicted molar refractivity (Wildman–Crippen MR) is 69.2 cm³/mol. The highest BCUT2D eigenvalue weighted by Crippen LogP contribution is 2.32. The number of nitrogens with two attached hydrogens (primary N) is 1. The van der Waals surface area contributed by atoms with Crippen LogP contribution in [0.3, 0.4) is 0 Å². The lowest BCUT2D eigenvalue weighted by Gasteiger charge is -2.31. The Labute approximate surface area is 102 Å². The van der Waals surface area contributed by atoms with Gasteiger partial charge in [-0.05, 0) is 18.8 Å². The fourth-order valence-corrected chi connectivity index (χ4v) is 2.50. The van der Waals surface area contributed by atoms with Crippen LogP contribution in [-0.4, -0.2) is 34.1 Å². The monoisotopic (exact) mass is 238 g/mol. The fourth-order valence-electron chi connectivity index (χ4n) is 2.50. The van der Waals surface area contributed by atoms with Crippen LogP contribution in [0.2, 0.25) is 0 Å². The maximum atomic E-state index is 9.73. The average molecular weight is 238 g/mol. The molecule has 1 aliphatic rings. The first-order chi connectivity index (χ1) is 8.00. The molecule has 5 heteroatoms. The van der Waals surface area contributed by atoms with Crippen molar-refractivity contribution in [1.82, 2.24) is 9.78 Å². The normalized spacial score (nSPS) is 21.2. The van der Waals surface area contributed by atoms with Crippen LogP contribution < -0.4 is 10.6 Å². The molecule has 17 heavy (non-hydrogen) atoms. The molecule has 0 aliphatic carbocycles. The second kappa shape index (κ2) is 4.56. The van der Waals surface area contributed by atoms with Crippen molar-refractivity contribution in [3.8, 4) is 0 Å². The van der Waals surface area contributed by atoms with Crippen molar-refractivity contribution >= 4 is 11.5 Å². The second-order valence-electron chi connectivity index (χ2n) is 5.14. The van der Waals surface area contributed by atoms with Gasteiger partial charge in [-0.15, -0.1) is 0 Å². The maximum absolute atomic E-state index is 9.73. The quantitative estimate of drug-likeness (QED) is 0.809. The summed E-state index contributed by atoms with van der Waals surface area (Å²) >= 11 is 0. The van der Waals surface area contributed by atoms with E-state index >= 15 is 0 Å². The molecule has 96 valence electrons. The van der Waals surface area contributed by atoms with Crippen LogP contribution in [0.1, 0.15) is 38.3 Å². The molecule has 5 nitrogen and oxygen atoms in total. The molecule has 2 heterocycles. The van der Waals surface area contributed by atoms with E-state index in [1.807, 2.05) is 11.7 Å². The SMILES string of the molecule is CC(C)c1nn(C)c(N2CCCC(O)C2)c1N. The number of β-amino-alcohol motifs (C(OH)–C–C–N with tert-alkyl or cyclic N) is 1. The molecule has 1 aliphatic heterocycles. The van der Waals surface area contributed by atoms with E-state index < -0.39 is 0 Å². The Bertz CT molecular complexity index is 399. The Hall–Kier alpha value is -1.23. The van der Waals surface area contributed by atoms with Crippen LogP contribution in [-0.2, 0) is 7.05 Å². The number of aliphatic hydroxyl groups is 1. The molecule has 0 amide bonds. The Balaban J connectivity index is 2.31. The highest BCUT2D eigenvalue weighted by atomic mass is 16.3. The van der Waals surface area contributed by atoms with E-state index in [-0.39, 0.29) is 6.10 Å². The minimum absolute atomic E-state index is 0.249. The summed E-state index contributed by atoms with van der Waals surface area (Å²) in [5.41, 5.74) is 7.88. The van der Waals surface area contributed by atoms with E-state index in [9.17, 15) is 5.11 Å². The van der Waals surface area contributed by atoms with Gasteiger partial charge in [0.2, 0.25) is 0 Å². The summed E-state index contributed by atoms with van der Waals surface area (Å²) in [6.45, 7) is 5.78. The number of hydrogen-bond donors (Lipinski definition) is 2. The highest BCUT2D eigenvalue weighted by Gasteiger charge is 2.25. The lowest BCUT2D eigenvalue weighted by Crippen LogP contribution is -2.39. The van der Waals surface area contributed by atoms with Crippen molar-refractivity contribution in [1.29, 1.82) is 0 Å². The first-order valence-corrected chi connectivity index (χ1v) is 6.26. The van der Waals surface area contributed by atoms with Gasteiger partial charge in [0.15, 0.2) is 5.82 Å². The molecule has 1 fully saturated rings. The molecule has 1 saturated heterocycles. The van der Waals surface area contributed by atoms with Gasteiger partial charge in [-0.2, -0.15) is 5.10 Å². The number of nitrogen functional groups attached to an aromatic ring is 1. The number of aryl methyl sites for hydroxylation is 1. The first kappa shape index (κ1) is 12.2. The van der Waals surface area contributed by atoms with Gasteiger partial charge in [-0.1, -0.05) is 13.8 Å². The smallest absolute Gasteiger partial charge is 0.150 e. The number of nitrogens with zero attached hydrogens (tertiary/aromatic N) is 3. The van der Waals surface area contributed by atoms with E-state index in [0.29, 0.717) is 12.5 Å². The zero-order chi connectivity index (χ0) is 12.6. The van der Waals surface area contributed by atoms with E-state index in [4.69, 9.17) is 5.73 Å². The van der Waals surface area contributed by atoms with Gasteiger partial charge in [0.25, 0.3) is 0 Å². The summed E-state index contributed by atoms with van der Waals surface area (Å²) in [6.07, 6.45) is 1.63. The number of anilines is 2.